The number of thioether (sulfide) groups is 1. The third-order valence-electron chi connectivity index (χ3n) is 4.34. The number of hydrogen-bond acceptors (Lipinski definition) is 6. The number of morpholine rings is 1. The second-order valence-electron chi connectivity index (χ2n) is 6.27. The molecule has 0 saturated carbocycles. The van der Waals surface area contributed by atoms with Gasteiger partial charge in [-0.1, -0.05) is 30.0 Å². The van der Waals surface area contributed by atoms with Gasteiger partial charge in [-0.3, -0.25) is 10.1 Å². The molecule has 2 aromatic rings. The van der Waals surface area contributed by atoms with Crippen LogP contribution < -0.4 is 5.32 Å². The molecular formula is C20H22N4O3S. The van der Waals surface area contributed by atoms with Gasteiger partial charge in [-0.05, 0) is 26.0 Å². The summed E-state index contributed by atoms with van der Waals surface area (Å²) in [5.74, 6) is 0.742. The third kappa shape index (κ3) is 4.94. The van der Waals surface area contributed by atoms with Crippen LogP contribution in [0.2, 0.25) is 0 Å². The minimum absolute atomic E-state index is 0.159. The van der Waals surface area contributed by atoms with Gasteiger partial charge in [-0.25, -0.2) is 4.99 Å². The van der Waals surface area contributed by atoms with Crippen molar-refractivity contribution in [1.29, 1.82) is 5.26 Å². The number of nitrogens with one attached hydrogen (secondary N) is 1. The number of aliphatic imine (C=N–C) groups is 1. The maximum absolute atomic E-state index is 12.4. The third-order valence-corrected chi connectivity index (χ3v) is 5.36. The van der Waals surface area contributed by atoms with Crippen LogP contribution >= 0.6 is 11.8 Å². The fraction of sp³-hybridized carbons (Fsp3) is 0.350. The summed E-state index contributed by atoms with van der Waals surface area (Å²) in [7, 11) is 0. The average molecular weight is 398 g/mol. The van der Waals surface area contributed by atoms with E-state index in [9.17, 15) is 10.1 Å². The number of carbonyl (C=O) groups is 1. The van der Waals surface area contributed by atoms with Crippen LogP contribution in [-0.2, 0) is 9.53 Å². The first-order valence-electron chi connectivity index (χ1n) is 8.97. The van der Waals surface area contributed by atoms with E-state index in [1.54, 1.807) is 13.8 Å². The van der Waals surface area contributed by atoms with Crippen LogP contribution in [0, 0.1) is 25.2 Å². The molecule has 28 heavy (non-hydrogen) atoms. The van der Waals surface area contributed by atoms with Crippen LogP contribution in [0.25, 0.3) is 0 Å². The molecule has 0 aliphatic carbocycles. The van der Waals surface area contributed by atoms with Gasteiger partial charge in [0.2, 0.25) is 11.8 Å². The Labute approximate surface area is 168 Å². The first-order chi connectivity index (χ1) is 13.6. The number of para-hydroxylation sites is 1. The fourth-order valence-corrected chi connectivity index (χ4v) is 3.57. The largest absolute Gasteiger partial charge is 0.444 e. The number of rotatable bonds is 4. The van der Waals surface area contributed by atoms with E-state index < -0.39 is 0 Å². The lowest BCUT2D eigenvalue weighted by Crippen LogP contribution is -2.39. The molecule has 3 rings (SSSR count). The summed E-state index contributed by atoms with van der Waals surface area (Å²) >= 11 is 1.36. The normalized spacial score (nSPS) is 14.6. The predicted molar refractivity (Wildman–Crippen MR) is 110 cm³/mol. The van der Waals surface area contributed by atoms with Crippen molar-refractivity contribution in [3.8, 4) is 6.07 Å². The van der Waals surface area contributed by atoms with Crippen molar-refractivity contribution in [2.45, 2.75) is 13.8 Å². The van der Waals surface area contributed by atoms with Crippen molar-refractivity contribution >= 4 is 34.4 Å². The molecule has 1 aliphatic rings. The summed E-state index contributed by atoms with van der Waals surface area (Å²) in [5.41, 5.74) is 1.94. The molecule has 0 radical (unpaired) electrons. The number of nitrogens with zero attached hydrogens (tertiary/aromatic N) is 3. The number of furan rings is 1. The van der Waals surface area contributed by atoms with Gasteiger partial charge in [0.05, 0.1) is 24.7 Å². The highest BCUT2D eigenvalue weighted by Gasteiger charge is 2.20. The lowest BCUT2D eigenvalue weighted by atomic mass is 10.2. The van der Waals surface area contributed by atoms with E-state index in [4.69, 9.17) is 14.1 Å². The summed E-state index contributed by atoms with van der Waals surface area (Å²) in [5, 5.41) is 12.7. The van der Waals surface area contributed by atoms with Gasteiger partial charge >= 0.3 is 0 Å². The summed E-state index contributed by atoms with van der Waals surface area (Å²) in [6.07, 6.45) is 0. The lowest BCUT2D eigenvalue weighted by Gasteiger charge is -2.29. The fourth-order valence-electron chi connectivity index (χ4n) is 2.70. The SMILES string of the molecule is Cc1oc(NC(=O)CSC(=Nc2ccccc2)N2CCOCC2)c(C#N)c1C. The Morgan fingerprint density at radius 1 is 1.29 bits per heavy atom. The average Bonchev–Trinajstić information content (AvgIpc) is 2.99. The van der Waals surface area contributed by atoms with Crippen LogP contribution in [-0.4, -0.2) is 48.0 Å². The molecule has 1 aliphatic heterocycles. The molecule has 0 spiro atoms. The quantitative estimate of drug-likeness (QED) is 0.626. The van der Waals surface area contributed by atoms with E-state index in [1.165, 1.54) is 11.8 Å². The number of hydrogen-bond donors (Lipinski definition) is 1. The van der Waals surface area contributed by atoms with E-state index in [2.05, 4.69) is 16.3 Å². The monoisotopic (exact) mass is 398 g/mol. The number of nitriles is 1. The van der Waals surface area contributed by atoms with Crippen LogP contribution in [0.15, 0.2) is 39.7 Å². The Balaban J connectivity index is 1.69. The van der Waals surface area contributed by atoms with Crippen molar-refractivity contribution in [3.05, 3.63) is 47.2 Å². The van der Waals surface area contributed by atoms with Gasteiger partial charge in [0.25, 0.3) is 0 Å². The van der Waals surface area contributed by atoms with Crippen LogP contribution in [0.1, 0.15) is 16.9 Å². The molecule has 146 valence electrons. The summed E-state index contributed by atoms with van der Waals surface area (Å²) in [6, 6.07) is 11.7. The Bertz CT molecular complexity index is 896. The first kappa shape index (κ1) is 20.0. The van der Waals surface area contributed by atoms with Crippen LogP contribution in [0.3, 0.4) is 0 Å². The van der Waals surface area contributed by atoms with E-state index in [-0.39, 0.29) is 17.5 Å². The maximum atomic E-state index is 12.4. The van der Waals surface area contributed by atoms with Gasteiger partial charge in [0.1, 0.15) is 17.4 Å². The molecule has 0 atom stereocenters. The zero-order valence-corrected chi connectivity index (χ0v) is 16.7. The Morgan fingerprint density at radius 2 is 2.00 bits per heavy atom. The molecule has 7 nitrogen and oxygen atoms in total. The topological polar surface area (TPSA) is 90.9 Å². The lowest BCUT2D eigenvalue weighted by molar-refractivity contribution is -0.113. The number of anilines is 1. The molecule has 0 unspecified atom stereocenters. The first-order valence-corrected chi connectivity index (χ1v) is 9.96. The molecule has 1 fully saturated rings. The second-order valence-corrected chi connectivity index (χ2v) is 7.21. The van der Waals surface area contributed by atoms with E-state index in [0.717, 1.165) is 29.5 Å². The van der Waals surface area contributed by atoms with E-state index >= 15 is 0 Å². The van der Waals surface area contributed by atoms with Crippen LogP contribution in [0.4, 0.5) is 11.6 Å². The summed E-state index contributed by atoms with van der Waals surface area (Å²) in [6.45, 7) is 6.30. The zero-order valence-electron chi connectivity index (χ0n) is 15.9. The Kier molecular flexibility index (Phi) is 6.74. The zero-order chi connectivity index (χ0) is 19.9. The highest BCUT2D eigenvalue weighted by atomic mass is 32.2. The van der Waals surface area contributed by atoms with Gasteiger partial charge < -0.3 is 14.1 Å². The molecule has 1 saturated heterocycles. The van der Waals surface area contributed by atoms with E-state index in [0.29, 0.717) is 24.5 Å². The molecule has 8 heteroatoms. The molecular weight excluding hydrogens is 376 g/mol. The van der Waals surface area contributed by atoms with Gasteiger partial charge in [-0.15, -0.1) is 0 Å². The smallest absolute Gasteiger partial charge is 0.237 e. The van der Waals surface area contributed by atoms with Crippen molar-refractivity contribution < 1.29 is 13.9 Å². The second kappa shape index (κ2) is 9.44. The minimum atomic E-state index is -0.246. The van der Waals surface area contributed by atoms with Crippen molar-refractivity contribution in [2.75, 3.05) is 37.4 Å². The number of amidine groups is 1. The van der Waals surface area contributed by atoms with Gasteiger partial charge in [-0.2, -0.15) is 5.26 Å². The molecule has 1 amide bonds. The number of carbonyl (C=O) groups excluding carboxylic acids is 1. The molecule has 0 bridgehead atoms. The molecule has 1 aromatic heterocycles. The number of aryl methyl sites for hydroxylation is 1. The highest BCUT2D eigenvalue weighted by molar-refractivity contribution is 8.14. The maximum Gasteiger partial charge on any atom is 0.237 e. The Morgan fingerprint density at radius 3 is 2.68 bits per heavy atom. The predicted octanol–water partition coefficient (Wildman–Crippen LogP) is 3.46. The van der Waals surface area contributed by atoms with Crippen molar-refractivity contribution in [1.82, 2.24) is 4.90 Å². The van der Waals surface area contributed by atoms with Crippen LogP contribution in [0.5, 0.6) is 0 Å². The number of ether oxygens (including phenoxy) is 1. The number of amides is 1. The summed E-state index contributed by atoms with van der Waals surface area (Å²) < 4.78 is 10.9. The molecule has 1 aromatic carbocycles. The van der Waals surface area contributed by atoms with E-state index in [1.807, 2.05) is 30.3 Å². The Hall–Kier alpha value is -2.76. The van der Waals surface area contributed by atoms with Gasteiger partial charge in [0.15, 0.2) is 5.17 Å². The summed E-state index contributed by atoms with van der Waals surface area (Å²) in [4.78, 5) is 19.3. The van der Waals surface area contributed by atoms with Crippen molar-refractivity contribution in [2.24, 2.45) is 4.99 Å². The molecule has 2 heterocycles. The highest BCUT2D eigenvalue weighted by Crippen LogP contribution is 2.26. The van der Waals surface area contributed by atoms with Crippen molar-refractivity contribution in [3.63, 3.8) is 0 Å². The minimum Gasteiger partial charge on any atom is -0.444 e. The standard InChI is InChI=1S/C20H22N4O3S/c1-14-15(2)27-19(17(14)12-21)23-18(25)13-28-20(24-8-10-26-11-9-24)22-16-6-4-3-5-7-16/h3-7H,8-11,13H2,1-2H3,(H,23,25). The number of benzene rings is 1. The van der Waals surface area contributed by atoms with Gasteiger partial charge in [0, 0.05) is 18.7 Å². The molecule has 1 N–H and O–H groups in total.